The van der Waals surface area contributed by atoms with Gasteiger partial charge in [0.25, 0.3) is 5.91 Å². The Labute approximate surface area is 118 Å². The van der Waals surface area contributed by atoms with Gasteiger partial charge >= 0.3 is 0 Å². The van der Waals surface area contributed by atoms with Crippen molar-refractivity contribution in [3.8, 4) is 0 Å². The average Bonchev–Trinajstić information content (AvgIpc) is 2.76. The van der Waals surface area contributed by atoms with E-state index in [2.05, 4.69) is 10.6 Å². The summed E-state index contributed by atoms with van der Waals surface area (Å²) in [6.07, 6.45) is 3.27. The lowest BCUT2D eigenvalue weighted by Gasteiger charge is -2.29. The molecule has 21 heavy (non-hydrogen) atoms. The highest BCUT2D eigenvalue weighted by atomic mass is 19.2. The van der Waals surface area contributed by atoms with E-state index >= 15 is 0 Å². The van der Waals surface area contributed by atoms with Crippen molar-refractivity contribution in [3.63, 3.8) is 0 Å². The Hall–Kier alpha value is -1.63. The van der Waals surface area contributed by atoms with Crippen LogP contribution in [0.5, 0.6) is 0 Å². The summed E-state index contributed by atoms with van der Waals surface area (Å²) in [4.78, 5) is 11.9. The van der Waals surface area contributed by atoms with Crippen LogP contribution in [0.3, 0.4) is 0 Å². The Balaban J connectivity index is 1.80. The summed E-state index contributed by atoms with van der Waals surface area (Å²) in [6.45, 7) is 0. The number of nitrogens with one attached hydrogen (secondary N) is 2. The molecule has 2 saturated heterocycles. The SMILES string of the molecule is O=C(NC1CC2CCC(C1)N2)c1c(F)c(F)cc(F)c1F. The monoisotopic (exact) mass is 302 g/mol. The van der Waals surface area contributed by atoms with Crippen molar-refractivity contribution < 1.29 is 22.4 Å². The van der Waals surface area contributed by atoms with Crippen LogP contribution < -0.4 is 10.6 Å². The van der Waals surface area contributed by atoms with Crippen molar-refractivity contribution in [1.82, 2.24) is 10.6 Å². The van der Waals surface area contributed by atoms with Crippen LogP contribution in [0.4, 0.5) is 17.6 Å². The zero-order chi connectivity index (χ0) is 15.1. The van der Waals surface area contributed by atoms with E-state index in [1.807, 2.05) is 0 Å². The smallest absolute Gasteiger partial charge is 0.257 e. The Morgan fingerprint density at radius 2 is 1.57 bits per heavy atom. The van der Waals surface area contributed by atoms with E-state index in [4.69, 9.17) is 0 Å². The molecule has 2 atom stereocenters. The fraction of sp³-hybridized carbons (Fsp3) is 0.500. The maximum Gasteiger partial charge on any atom is 0.257 e. The molecule has 2 bridgehead atoms. The molecule has 2 heterocycles. The summed E-state index contributed by atoms with van der Waals surface area (Å²) in [5.41, 5.74) is -1.20. The summed E-state index contributed by atoms with van der Waals surface area (Å²) in [6, 6.07) is 0.383. The molecule has 0 aromatic heterocycles. The first-order valence-electron chi connectivity index (χ1n) is 6.85. The normalized spacial score (nSPS) is 27.7. The first-order valence-corrected chi connectivity index (χ1v) is 6.85. The minimum atomic E-state index is -1.66. The molecule has 114 valence electrons. The second kappa shape index (κ2) is 5.29. The Kier molecular flexibility index (Phi) is 3.61. The standard InChI is InChI=1S/C14H14F4N2O/c15-9-5-10(16)13(18)11(12(9)17)14(21)20-8-3-6-1-2-7(4-8)19-6/h5-8,19H,1-4H2,(H,20,21). The summed E-state index contributed by atoms with van der Waals surface area (Å²) < 4.78 is 53.4. The number of halogens is 4. The van der Waals surface area contributed by atoms with Crippen LogP contribution in [-0.4, -0.2) is 24.0 Å². The second-order valence-electron chi connectivity index (χ2n) is 5.62. The van der Waals surface area contributed by atoms with Gasteiger partial charge in [0.2, 0.25) is 0 Å². The molecule has 0 spiro atoms. The third kappa shape index (κ3) is 2.62. The largest absolute Gasteiger partial charge is 0.349 e. The lowest BCUT2D eigenvalue weighted by molar-refractivity contribution is 0.0913. The maximum absolute atomic E-state index is 13.6. The van der Waals surface area contributed by atoms with Gasteiger partial charge in [-0.15, -0.1) is 0 Å². The van der Waals surface area contributed by atoms with E-state index in [9.17, 15) is 22.4 Å². The van der Waals surface area contributed by atoms with Crippen molar-refractivity contribution >= 4 is 5.91 Å². The molecule has 2 aliphatic rings. The van der Waals surface area contributed by atoms with Gasteiger partial charge in [-0.2, -0.15) is 0 Å². The highest BCUT2D eigenvalue weighted by Gasteiger charge is 2.35. The van der Waals surface area contributed by atoms with Crippen molar-refractivity contribution in [2.45, 2.75) is 43.8 Å². The van der Waals surface area contributed by atoms with E-state index in [0.29, 0.717) is 12.8 Å². The van der Waals surface area contributed by atoms with Crippen molar-refractivity contribution in [2.24, 2.45) is 0 Å². The van der Waals surface area contributed by atoms with E-state index < -0.39 is 34.7 Å². The maximum atomic E-state index is 13.6. The zero-order valence-corrected chi connectivity index (χ0v) is 11.1. The first kappa shape index (κ1) is 14.3. The molecule has 1 amide bonds. The number of fused-ring (bicyclic) bond motifs is 2. The minimum Gasteiger partial charge on any atom is -0.349 e. The minimum absolute atomic E-state index is 0.0895. The molecule has 1 aromatic carbocycles. The van der Waals surface area contributed by atoms with Crippen LogP contribution >= 0.6 is 0 Å². The molecule has 2 fully saturated rings. The number of piperidine rings is 1. The van der Waals surface area contributed by atoms with E-state index in [1.54, 1.807) is 0 Å². The molecular weight excluding hydrogens is 288 g/mol. The molecule has 0 radical (unpaired) electrons. The molecule has 3 nitrogen and oxygen atoms in total. The third-order valence-electron chi connectivity index (χ3n) is 4.15. The van der Waals surface area contributed by atoms with E-state index in [0.717, 1.165) is 12.8 Å². The number of rotatable bonds is 2. The van der Waals surface area contributed by atoms with Gasteiger partial charge in [0.15, 0.2) is 23.3 Å². The fourth-order valence-electron chi connectivity index (χ4n) is 3.21. The molecular formula is C14H14F4N2O. The van der Waals surface area contributed by atoms with Gasteiger partial charge in [0.1, 0.15) is 5.56 Å². The molecule has 7 heteroatoms. The predicted octanol–water partition coefficient (Wildman–Crippen LogP) is 2.26. The molecule has 3 rings (SSSR count). The molecule has 2 unspecified atom stereocenters. The summed E-state index contributed by atoms with van der Waals surface area (Å²) in [5.74, 6) is -7.60. The number of hydrogen-bond donors (Lipinski definition) is 2. The molecule has 0 aliphatic carbocycles. The summed E-state index contributed by atoms with van der Waals surface area (Å²) in [7, 11) is 0. The predicted molar refractivity (Wildman–Crippen MR) is 66.7 cm³/mol. The van der Waals surface area contributed by atoms with Gasteiger partial charge < -0.3 is 10.6 Å². The van der Waals surface area contributed by atoms with E-state index in [1.165, 1.54) is 0 Å². The molecule has 1 aromatic rings. The summed E-state index contributed by atoms with van der Waals surface area (Å²) >= 11 is 0. The number of carbonyl (C=O) groups is 1. The Morgan fingerprint density at radius 3 is 2.10 bits per heavy atom. The van der Waals surface area contributed by atoms with Crippen molar-refractivity contribution in [2.75, 3.05) is 0 Å². The summed E-state index contributed by atoms with van der Waals surface area (Å²) in [5, 5.41) is 5.83. The molecule has 0 saturated carbocycles. The number of amides is 1. The number of hydrogen-bond acceptors (Lipinski definition) is 2. The first-order chi connectivity index (χ1) is 9.95. The highest BCUT2D eigenvalue weighted by molar-refractivity contribution is 5.95. The van der Waals surface area contributed by atoms with Crippen LogP contribution in [0, 0.1) is 23.3 Å². The van der Waals surface area contributed by atoms with Gasteiger partial charge in [-0.05, 0) is 25.7 Å². The van der Waals surface area contributed by atoms with Gasteiger partial charge in [-0.25, -0.2) is 17.6 Å². The van der Waals surface area contributed by atoms with Gasteiger partial charge in [-0.1, -0.05) is 0 Å². The van der Waals surface area contributed by atoms with Crippen LogP contribution in [0.2, 0.25) is 0 Å². The Bertz CT molecular complexity index is 555. The van der Waals surface area contributed by atoms with Crippen LogP contribution in [0.25, 0.3) is 0 Å². The molecule has 2 N–H and O–H groups in total. The number of carbonyl (C=O) groups excluding carboxylic acids is 1. The van der Waals surface area contributed by atoms with Gasteiger partial charge in [-0.3, -0.25) is 4.79 Å². The average molecular weight is 302 g/mol. The zero-order valence-electron chi connectivity index (χ0n) is 11.1. The Morgan fingerprint density at radius 1 is 1.05 bits per heavy atom. The highest BCUT2D eigenvalue weighted by Crippen LogP contribution is 2.27. The van der Waals surface area contributed by atoms with Crippen LogP contribution in [0.1, 0.15) is 36.0 Å². The topological polar surface area (TPSA) is 41.1 Å². The van der Waals surface area contributed by atoms with Crippen molar-refractivity contribution in [3.05, 3.63) is 34.9 Å². The lowest BCUT2D eigenvalue weighted by atomic mass is 9.99. The van der Waals surface area contributed by atoms with Crippen LogP contribution in [0.15, 0.2) is 6.07 Å². The van der Waals surface area contributed by atoms with Gasteiger partial charge in [0.05, 0.1) is 0 Å². The van der Waals surface area contributed by atoms with Crippen molar-refractivity contribution in [1.29, 1.82) is 0 Å². The molecule has 2 aliphatic heterocycles. The third-order valence-corrected chi connectivity index (χ3v) is 4.15. The van der Waals surface area contributed by atoms with Gasteiger partial charge in [0, 0.05) is 24.2 Å². The van der Waals surface area contributed by atoms with E-state index in [-0.39, 0.29) is 24.2 Å². The second-order valence-corrected chi connectivity index (χ2v) is 5.62. The lowest BCUT2D eigenvalue weighted by Crippen LogP contribution is -2.48. The quantitative estimate of drug-likeness (QED) is 0.650. The fourth-order valence-corrected chi connectivity index (χ4v) is 3.21. The number of benzene rings is 1. The van der Waals surface area contributed by atoms with Crippen LogP contribution in [-0.2, 0) is 0 Å².